The SMILES string of the molecule is c1ccc(C2CNCCc3c(-c4ccc5ccccc5c4)cccc32)cc1. The van der Waals surface area contributed by atoms with Gasteiger partial charge in [0.05, 0.1) is 0 Å². The largest absolute Gasteiger partial charge is 0.315 e. The summed E-state index contributed by atoms with van der Waals surface area (Å²) < 4.78 is 0. The van der Waals surface area contributed by atoms with Gasteiger partial charge in [-0.05, 0) is 57.6 Å². The minimum absolute atomic E-state index is 0.407. The molecule has 1 heteroatoms. The number of hydrogen-bond acceptors (Lipinski definition) is 1. The predicted molar refractivity (Wildman–Crippen MR) is 114 cm³/mol. The molecule has 0 spiro atoms. The minimum atomic E-state index is 0.407. The number of nitrogens with one attached hydrogen (secondary N) is 1. The topological polar surface area (TPSA) is 12.0 Å². The van der Waals surface area contributed by atoms with Crippen LogP contribution in [0.4, 0.5) is 0 Å². The molecular weight excluding hydrogens is 326 g/mol. The Labute approximate surface area is 160 Å². The van der Waals surface area contributed by atoms with Crippen LogP contribution >= 0.6 is 0 Å². The molecule has 0 bridgehead atoms. The van der Waals surface area contributed by atoms with Crippen molar-refractivity contribution in [3.8, 4) is 11.1 Å². The zero-order valence-electron chi connectivity index (χ0n) is 15.4. The fourth-order valence-corrected chi connectivity index (χ4v) is 4.39. The van der Waals surface area contributed by atoms with Gasteiger partial charge < -0.3 is 5.32 Å². The van der Waals surface area contributed by atoms with Gasteiger partial charge >= 0.3 is 0 Å². The van der Waals surface area contributed by atoms with E-state index in [2.05, 4.69) is 96.3 Å². The summed E-state index contributed by atoms with van der Waals surface area (Å²) in [5, 5.41) is 6.25. The number of fused-ring (bicyclic) bond motifs is 2. The summed E-state index contributed by atoms with van der Waals surface area (Å²) in [5.41, 5.74) is 7.05. The number of hydrogen-bond donors (Lipinski definition) is 1. The maximum Gasteiger partial charge on any atom is 0.0217 e. The van der Waals surface area contributed by atoms with Crippen LogP contribution < -0.4 is 5.32 Å². The Morgan fingerprint density at radius 2 is 1.52 bits per heavy atom. The van der Waals surface area contributed by atoms with Crippen molar-refractivity contribution >= 4 is 10.8 Å². The van der Waals surface area contributed by atoms with Crippen molar-refractivity contribution in [3.63, 3.8) is 0 Å². The lowest BCUT2D eigenvalue weighted by atomic mass is 9.84. The maximum atomic E-state index is 3.65. The van der Waals surface area contributed by atoms with Crippen LogP contribution in [0.5, 0.6) is 0 Å². The van der Waals surface area contributed by atoms with Crippen molar-refractivity contribution in [2.24, 2.45) is 0 Å². The molecule has 0 amide bonds. The first kappa shape index (κ1) is 16.3. The minimum Gasteiger partial charge on any atom is -0.315 e. The summed E-state index contributed by atoms with van der Waals surface area (Å²) in [7, 11) is 0. The van der Waals surface area contributed by atoms with Crippen molar-refractivity contribution in [2.45, 2.75) is 12.3 Å². The van der Waals surface area contributed by atoms with E-state index in [-0.39, 0.29) is 0 Å². The highest BCUT2D eigenvalue weighted by atomic mass is 14.9. The highest BCUT2D eigenvalue weighted by Gasteiger charge is 2.22. The van der Waals surface area contributed by atoms with Crippen LogP contribution in [0.3, 0.4) is 0 Å². The molecule has 1 aliphatic heterocycles. The van der Waals surface area contributed by atoms with Crippen molar-refractivity contribution in [1.29, 1.82) is 0 Å². The van der Waals surface area contributed by atoms with Crippen LogP contribution in [-0.4, -0.2) is 13.1 Å². The number of rotatable bonds is 2. The average molecular weight is 349 g/mol. The molecule has 0 radical (unpaired) electrons. The van der Waals surface area contributed by atoms with E-state index < -0.39 is 0 Å². The zero-order chi connectivity index (χ0) is 18.1. The molecule has 0 saturated carbocycles. The third-order valence-corrected chi connectivity index (χ3v) is 5.75. The van der Waals surface area contributed by atoms with Crippen molar-refractivity contribution < 1.29 is 0 Å². The van der Waals surface area contributed by atoms with Crippen LogP contribution in [-0.2, 0) is 6.42 Å². The molecular formula is C26H23N. The summed E-state index contributed by atoms with van der Waals surface area (Å²) in [6, 6.07) is 33.2. The first-order valence-corrected chi connectivity index (χ1v) is 9.77. The van der Waals surface area contributed by atoms with Gasteiger partial charge in [-0.25, -0.2) is 0 Å². The summed E-state index contributed by atoms with van der Waals surface area (Å²) in [6.45, 7) is 2.03. The highest BCUT2D eigenvalue weighted by molar-refractivity contribution is 5.88. The molecule has 4 aromatic carbocycles. The standard InChI is InChI=1S/C26H23N/c1-2-8-20(9-3-1)26-18-27-16-15-25-23(11-6-12-24(25)26)22-14-13-19-7-4-5-10-21(19)17-22/h1-14,17,26-27H,15-16,18H2. The summed E-state index contributed by atoms with van der Waals surface area (Å²) in [6.07, 6.45) is 1.07. The first-order valence-electron chi connectivity index (χ1n) is 9.77. The Morgan fingerprint density at radius 3 is 2.41 bits per heavy atom. The fourth-order valence-electron chi connectivity index (χ4n) is 4.39. The molecule has 0 aromatic heterocycles. The smallest absolute Gasteiger partial charge is 0.0217 e. The van der Waals surface area contributed by atoms with Gasteiger partial charge in [0, 0.05) is 12.5 Å². The molecule has 1 unspecified atom stereocenters. The first-order chi connectivity index (χ1) is 13.4. The molecule has 5 rings (SSSR count). The molecule has 1 aliphatic rings. The third kappa shape index (κ3) is 3.05. The monoisotopic (exact) mass is 349 g/mol. The third-order valence-electron chi connectivity index (χ3n) is 5.75. The normalized spacial score (nSPS) is 16.7. The van der Waals surface area contributed by atoms with E-state index in [0.717, 1.165) is 19.5 Å². The van der Waals surface area contributed by atoms with Gasteiger partial charge in [0.2, 0.25) is 0 Å². The van der Waals surface area contributed by atoms with Gasteiger partial charge in [-0.15, -0.1) is 0 Å². The summed E-state index contributed by atoms with van der Waals surface area (Å²) in [5.74, 6) is 0.407. The second-order valence-electron chi connectivity index (χ2n) is 7.35. The van der Waals surface area contributed by atoms with E-state index in [1.54, 1.807) is 0 Å². The zero-order valence-corrected chi connectivity index (χ0v) is 15.4. The van der Waals surface area contributed by atoms with Crippen LogP contribution in [0.1, 0.15) is 22.6 Å². The molecule has 1 heterocycles. The highest BCUT2D eigenvalue weighted by Crippen LogP contribution is 2.35. The van der Waals surface area contributed by atoms with Gasteiger partial charge in [-0.2, -0.15) is 0 Å². The van der Waals surface area contributed by atoms with E-state index >= 15 is 0 Å². The van der Waals surface area contributed by atoms with Crippen molar-refractivity contribution in [2.75, 3.05) is 13.1 Å². The van der Waals surface area contributed by atoms with E-state index in [1.807, 2.05) is 0 Å². The second-order valence-corrected chi connectivity index (χ2v) is 7.35. The van der Waals surface area contributed by atoms with Crippen LogP contribution in [0.25, 0.3) is 21.9 Å². The average Bonchev–Trinajstić information content (AvgIpc) is 2.96. The van der Waals surface area contributed by atoms with Gasteiger partial charge in [0.15, 0.2) is 0 Å². The molecule has 27 heavy (non-hydrogen) atoms. The van der Waals surface area contributed by atoms with Crippen LogP contribution in [0.15, 0.2) is 91.0 Å². The molecule has 0 fully saturated rings. The Balaban J connectivity index is 1.66. The molecule has 0 aliphatic carbocycles. The van der Waals surface area contributed by atoms with Gasteiger partial charge in [-0.1, -0.05) is 84.9 Å². The van der Waals surface area contributed by atoms with Crippen molar-refractivity contribution in [1.82, 2.24) is 5.32 Å². The summed E-state index contributed by atoms with van der Waals surface area (Å²) in [4.78, 5) is 0. The lowest BCUT2D eigenvalue weighted by Gasteiger charge is -2.20. The molecule has 1 N–H and O–H groups in total. The van der Waals surface area contributed by atoms with Crippen LogP contribution in [0.2, 0.25) is 0 Å². The lowest BCUT2D eigenvalue weighted by molar-refractivity contribution is 0.665. The molecule has 0 saturated heterocycles. The molecule has 4 aromatic rings. The predicted octanol–water partition coefficient (Wildman–Crippen LogP) is 5.78. The molecule has 132 valence electrons. The van der Waals surface area contributed by atoms with Gasteiger partial charge in [0.25, 0.3) is 0 Å². The fraction of sp³-hybridized carbons (Fsp3) is 0.154. The van der Waals surface area contributed by atoms with Crippen molar-refractivity contribution in [3.05, 3.63) is 108 Å². The van der Waals surface area contributed by atoms with E-state index in [4.69, 9.17) is 0 Å². The van der Waals surface area contributed by atoms with E-state index in [1.165, 1.54) is 38.6 Å². The van der Waals surface area contributed by atoms with E-state index in [9.17, 15) is 0 Å². The Hall–Kier alpha value is -2.90. The second kappa shape index (κ2) is 7.02. The summed E-state index contributed by atoms with van der Waals surface area (Å²) >= 11 is 0. The van der Waals surface area contributed by atoms with Gasteiger partial charge in [0.1, 0.15) is 0 Å². The van der Waals surface area contributed by atoms with Crippen LogP contribution in [0, 0.1) is 0 Å². The van der Waals surface area contributed by atoms with E-state index in [0.29, 0.717) is 5.92 Å². The maximum absolute atomic E-state index is 3.65. The van der Waals surface area contributed by atoms with Gasteiger partial charge in [-0.3, -0.25) is 0 Å². The Morgan fingerprint density at radius 1 is 0.704 bits per heavy atom. The Kier molecular flexibility index (Phi) is 4.23. The quantitative estimate of drug-likeness (QED) is 0.483. The number of benzene rings is 4. The molecule has 1 nitrogen and oxygen atoms in total. The molecule has 1 atom stereocenters. The lowest BCUT2D eigenvalue weighted by Crippen LogP contribution is -2.20. The Bertz CT molecular complexity index is 1080.